The van der Waals surface area contributed by atoms with Crippen LogP contribution < -0.4 is 5.32 Å². The number of nitrogens with one attached hydrogen (secondary N) is 1. The van der Waals surface area contributed by atoms with Gasteiger partial charge in [-0.15, -0.1) is 0 Å². The Balaban J connectivity index is 0. The van der Waals surface area contributed by atoms with E-state index in [0.717, 1.165) is 18.6 Å². The first-order chi connectivity index (χ1) is 7.04. The van der Waals surface area contributed by atoms with E-state index in [2.05, 4.69) is 5.32 Å². The molecule has 1 amide bonds. The molecule has 1 heterocycles. The number of rotatable bonds is 0. The van der Waals surface area contributed by atoms with E-state index in [1.54, 1.807) is 21.6 Å². The Morgan fingerprint density at radius 1 is 1.40 bits per heavy atom. The van der Waals surface area contributed by atoms with Crippen molar-refractivity contribution in [3.05, 3.63) is 0 Å². The van der Waals surface area contributed by atoms with Crippen molar-refractivity contribution < 1.29 is 9.59 Å². The average molecular weight is 251 g/mol. The number of carbonyl (C=O) groups excluding carboxylic acids is 2. The number of hydrogen-bond donors (Lipinski definition) is 1. The van der Waals surface area contributed by atoms with Crippen LogP contribution in [0.3, 0.4) is 0 Å². The molecule has 1 fully saturated rings. The molecule has 1 aliphatic rings. The third-order valence-electron chi connectivity index (χ3n) is 1.29. The lowest BCUT2D eigenvalue weighted by molar-refractivity contribution is -0.122. The zero-order valence-corrected chi connectivity index (χ0v) is 11.8. The summed E-state index contributed by atoms with van der Waals surface area (Å²) >= 11 is 0. The van der Waals surface area contributed by atoms with Crippen LogP contribution in [0.25, 0.3) is 0 Å². The molecule has 1 N–H and O–H groups in total. The van der Waals surface area contributed by atoms with Crippen molar-refractivity contribution >= 4 is 33.8 Å². The highest BCUT2D eigenvalue weighted by Gasteiger charge is 2.29. The van der Waals surface area contributed by atoms with E-state index in [4.69, 9.17) is 4.79 Å². The first-order valence-corrected chi connectivity index (χ1v) is 7.35. The zero-order valence-electron chi connectivity index (χ0n) is 10.1. The van der Waals surface area contributed by atoms with Gasteiger partial charge < -0.3 is 10.1 Å². The van der Waals surface area contributed by atoms with Gasteiger partial charge in [0.15, 0.2) is 0 Å². The molecule has 0 aromatic carbocycles. The van der Waals surface area contributed by atoms with Crippen LogP contribution in [-0.2, 0) is 9.59 Å². The maximum atomic E-state index is 11.2. The normalized spacial score (nSPS) is 18.1. The van der Waals surface area contributed by atoms with Crippen molar-refractivity contribution in [2.45, 2.75) is 39.4 Å². The number of hydrogen-bond acceptors (Lipinski definition) is 4. The molecule has 1 aliphatic heterocycles. The van der Waals surface area contributed by atoms with E-state index < -0.39 is 0 Å². The molecular weight excluding hydrogens is 230 g/mol. The minimum absolute atomic E-state index is 0.155. The van der Waals surface area contributed by atoms with Crippen molar-refractivity contribution in [3.63, 3.8) is 0 Å². The van der Waals surface area contributed by atoms with Crippen LogP contribution >= 0.6 is 21.6 Å². The quantitative estimate of drug-likeness (QED) is 0.531. The summed E-state index contributed by atoms with van der Waals surface area (Å²) in [5.41, 5.74) is 0. The molecule has 0 unspecified atom stereocenters. The van der Waals surface area contributed by atoms with Crippen molar-refractivity contribution in [1.29, 1.82) is 0 Å². The van der Waals surface area contributed by atoms with Crippen LogP contribution in [-0.4, -0.2) is 29.2 Å². The molecule has 90 valence electrons. The molecule has 0 aromatic rings. The third-order valence-corrected chi connectivity index (χ3v) is 4.48. The van der Waals surface area contributed by atoms with E-state index in [1.165, 1.54) is 6.92 Å². The lowest BCUT2D eigenvalue weighted by Gasteiger charge is -2.17. The molecule has 0 saturated carbocycles. The predicted molar refractivity (Wildman–Crippen MR) is 70.2 cm³/mol. The van der Waals surface area contributed by atoms with Gasteiger partial charge in [-0.3, -0.25) is 4.79 Å². The Kier molecular flexibility index (Phi) is 11.9. The van der Waals surface area contributed by atoms with Gasteiger partial charge in [0.1, 0.15) is 6.29 Å². The Bertz CT molecular complexity index is 184. The van der Waals surface area contributed by atoms with E-state index in [0.29, 0.717) is 0 Å². The summed E-state index contributed by atoms with van der Waals surface area (Å²) in [7, 11) is 3.41. The second-order valence-corrected chi connectivity index (χ2v) is 5.95. The van der Waals surface area contributed by atoms with Crippen molar-refractivity contribution in [3.8, 4) is 0 Å². The van der Waals surface area contributed by atoms with E-state index >= 15 is 0 Å². The van der Waals surface area contributed by atoms with Gasteiger partial charge in [-0.2, -0.15) is 0 Å². The van der Waals surface area contributed by atoms with Gasteiger partial charge in [0.2, 0.25) is 5.91 Å². The molecule has 0 aliphatic carbocycles. The number of carbonyl (C=O) groups is 2. The highest BCUT2D eigenvalue weighted by Crippen LogP contribution is 2.36. The fourth-order valence-electron chi connectivity index (χ4n) is 0.646. The highest BCUT2D eigenvalue weighted by molar-refractivity contribution is 8.77. The Hall–Kier alpha value is -0.160. The minimum Gasteiger partial charge on any atom is -0.354 e. The van der Waals surface area contributed by atoms with Gasteiger partial charge in [-0.25, -0.2) is 0 Å². The van der Waals surface area contributed by atoms with E-state index in [-0.39, 0.29) is 10.7 Å². The maximum Gasteiger partial charge on any atom is 0.236 e. The van der Waals surface area contributed by atoms with Crippen molar-refractivity contribution in [2.75, 3.05) is 12.3 Å². The first kappa shape index (κ1) is 17.2. The molecule has 0 atom stereocenters. The Morgan fingerprint density at radius 2 is 1.87 bits per heavy atom. The van der Waals surface area contributed by atoms with Gasteiger partial charge in [-0.1, -0.05) is 35.4 Å². The van der Waals surface area contributed by atoms with E-state index in [1.807, 2.05) is 27.7 Å². The molecule has 15 heavy (non-hydrogen) atoms. The summed E-state index contributed by atoms with van der Waals surface area (Å²) in [6.07, 6.45) is 0.750. The van der Waals surface area contributed by atoms with Crippen LogP contribution in [0.4, 0.5) is 0 Å². The summed E-state index contributed by atoms with van der Waals surface area (Å²) < 4.78 is -0.249. The number of aldehydes is 1. The van der Waals surface area contributed by atoms with Gasteiger partial charge in [-0.05, 0) is 20.8 Å². The fraction of sp³-hybridized carbons (Fsp3) is 0.800. The summed E-state index contributed by atoms with van der Waals surface area (Å²) in [6.45, 7) is 10.1. The second-order valence-electron chi connectivity index (χ2n) is 2.91. The molecule has 0 aromatic heterocycles. The summed E-state index contributed by atoms with van der Waals surface area (Å²) in [5, 5.41) is 2.85. The standard InChI is InChI=1S/C6H11NOS2.C2H4O.C2H6/c1-6(2)5(8)7-3-4-9-10-6;1-2-3;1-2/h3-4H2,1-2H3,(H,7,8);2H,1H3;1-2H3. The van der Waals surface area contributed by atoms with Gasteiger partial charge in [0.25, 0.3) is 0 Å². The largest absolute Gasteiger partial charge is 0.354 e. The average Bonchev–Trinajstić information content (AvgIpc) is 2.34. The molecule has 1 rings (SSSR count). The van der Waals surface area contributed by atoms with Gasteiger partial charge in [0, 0.05) is 12.3 Å². The predicted octanol–water partition coefficient (Wildman–Crippen LogP) is 2.51. The highest BCUT2D eigenvalue weighted by atomic mass is 33.1. The van der Waals surface area contributed by atoms with Crippen LogP contribution in [0.5, 0.6) is 0 Å². The van der Waals surface area contributed by atoms with Gasteiger partial charge in [0.05, 0.1) is 4.75 Å². The lowest BCUT2D eigenvalue weighted by Crippen LogP contribution is -2.38. The summed E-state index contributed by atoms with van der Waals surface area (Å²) in [5.74, 6) is 1.17. The molecule has 5 heteroatoms. The molecular formula is C10H21NO2S2. The van der Waals surface area contributed by atoms with Crippen LogP contribution in [0.2, 0.25) is 0 Å². The monoisotopic (exact) mass is 251 g/mol. The molecule has 0 bridgehead atoms. The van der Waals surface area contributed by atoms with Crippen molar-refractivity contribution in [1.82, 2.24) is 5.32 Å². The molecule has 3 nitrogen and oxygen atoms in total. The van der Waals surface area contributed by atoms with Crippen LogP contribution in [0, 0.1) is 0 Å². The molecule has 0 radical (unpaired) electrons. The lowest BCUT2D eigenvalue weighted by atomic mass is 10.2. The third kappa shape index (κ3) is 8.81. The summed E-state index contributed by atoms with van der Waals surface area (Å²) in [4.78, 5) is 20.0. The maximum absolute atomic E-state index is 11.2. The minimum atomic E-state index is -0.249. The molecule has 0 spiro atoms. The summed E-state index contributed by atoms with van der Waals surface area (Å²) in [6, 6.07) is 0. The second kappa shape index (κ2) is 10.4. The van der Waals surface area contributed by atoms with E-state index in [9.17, 15) is 4.79 Å². The first-order valence-electron chi connectivity index (χ1n) is 5.03. The fourth-order valence-corrected chi connectivity index (χ4v) is 2.97. The van der Waals surface area contributed by atoms with Crippen molar-refractivity contribution in [2.24, 2.45) is 0 Å². The number of amides is 1. The topological polar surface area (TPSA) is 46.2 Å². The van der Waals surface area contributed by atoms with Crippen LogP contribution in [0.1, 0.15) is 34.6 Å². The Morgan fingerprint density at radius 3 is 2.33 bits per heavy atom. The smallest absolute Gasteiger partial charge is 0.236 e. The van der Waals surface area contributed by atoms with Crippen LogP contribution in [0.15, 0.2) is 0 Å². The Labute approximate surface area is 101 Å². The zero-order chi connectivity index (χ0) is 12.3. The SMILES string of the molecule is CC.CC1(C)SSCCNC1=O.CC=O. The molecule has 1 saturated heterocycles. The van der Waals surface area contributed by atoms with Gasteiger partial charge >= 0.3 is 0 Å².